The zero-order valence-corrected chi connectivity index (χ0v) is 7.88. The molecule has 1 aromatic heterocycles. The first kappa shape index (κ1) is 11.8. The summed E-state index contributed by atoms with van der Waals surface area (Å²) in [6.45, 7) is -0.673. The van der Waals surface area contributed by atoms with E-state index in [-0.39, 0.29) is 0 Å². The second kappa shape index (κ2) is 4.04. The fraction of sp³-hybridized carbons (Fsp3) is 0.600. The maximum Gasteiger partial charge on any atom is 0.437 e. The van der Waals surface area contributed by atoms with Crippen molar-refractivity contribution in [2.45, 2.75) is 13.0 Å². The van der Waals surface area contributed by atoms with Gasteiger partial charge in [0.15, 0.2) is 0 Å². The van der Waals surface area contributed by atoms with Gasteiger partial charge in [-0.2, -0.15) is 21.9 Å². The highest BCUT2D eigenvalue weighted by Gasteiger charge is 2.18. The van der Waals surface area contributed by atoms with Gasteiger partial charge in [0, 0.05) is 0 Å². The van der Waals surface area contributed by atoms with Gasteiger partial charge in [-0.1, -0.05) is 0 Å². The molecule has 0 amide bonds. The maximum atomic E-state index is 12.0. The van der Waals surface area contributed by atoms with Gasteiger partial charge >= 0.3 is 22.4 Å². The van der Waals surface area contributed by atoms with E-state index >= 15 is 0 Å². The molecule has 86 valence electrons. The Morgan fingerprint density at radius 1 is 1.47 bits per heavy atom. The number of alkyl halides is 2. The van der Waals surface area contributed by atoms with E-state index in [4.69, 9.17) is 0 Å². The van der Waals surface area contributed by atoms with E-state index in [1.807, 2.05) is 0 Å². The summed E-state index contributed by atoms with van der Waals surface area (Å²) in [4.78, 5) is 10.7. The average Bonchev–Trinajstić information content (AvgIpc) is 2.42. The second-order valence-electron chi connectivity index (χ2n) is 2.47. The predicted molar refractivity (Wildman–Crippen MR) is 40.6 cm³/mol. The minimum Gasteiger partial charge on any atom is -0.386 e. The first-order valence-electron chi connectivity index (χ1n) is 3.58. The summed E-state index contributed by atoms with van der Waals surface area (Å²) in [7, 11) is -4.78. The van der Waals surface area contributed by atoms with Gasteiger partial charge in [0.2, 0.25) is 0 Å². The summed E-state index contributed by atoms with van der Waals surface area (Å²) in [5.41, 5.74) is 0. The third-order valence-corrected chi connectivity index (χ3v) is 2.03. The number of rotatable bonds is 4. The molecule has 0 spiro atoms. The number of aromatic nitrogens is 2. The molecule has 0 N–H and O–H groups in total. The average molecular weight is 246 g/mol. The molecule has 0 radical (unpaired) electrons. The summed E-state index contributed by atoms with van der Waals surface area (Å²) in [6, 6.07) is 0. The highest BCUT2D eigenvalue weighted by molar-refractivity contribution is 7.86. The van der Waals surface area contributed by atoms with E-state index in [0.29, 0.717) is 4.68 Å². The van der Waals surface area contributed by atoms with E-state index in [1.54, 1.807) is 0 Å². The topological polar surface area (TPSA) is 82.2 Å². The largest absolute Gasteiger partial charge is 0.437 e. The molecule has 1 heterocycles. The van der Waals surface area contributed by atoms with Crippen molar-refractivity contribution in [3.8, 4) is 0 Å². The molecule has 15 heavy (non-hydrogen) atoms. The van der Waals surface area contributed by atoms with Gasteiger partial charge in [-0.3, -0.25) is 0 Å². The molecule has 0 aliphatic carbocycles. The summed E-state index contributed by atoms with van der Waals surface area (Å²) >= 11 is 0. The van der Waals surface area contributed by atoms with E-state index in [9.17, 15) is 25.9 Å². The number of halogens is 3. The second-order valence-corrected chi connectivity index (χ2v) is 3.96. The van der Waals surface area contributed by atoms with Gasteiger partial charge in [0.25, 0.3) is 5.89 Å². The SMILES string of the molecule is O=c1oc(C(F)F)nn1CCS(=O)(=O)F. The summed E-state index contributed by atoms with van der Waals surface area (Å²) in [5, 5.41) is 2.97. The molecular formula is C5H5F3N2O4S. The fourth-order valence-electron chi connectivity index (χ4n) is 0.747. The molecule has 0 aromatic carbocycles. The zero-order chi connectivity index (χ0) is 11.6. The maximum absolute atomic E-state index is 12.0. The lowest BCUT2D eigenvalue weighted by Gasteiger charge is -1.93. The molecule has 0 saturated carbocycles. The van der Waals surface area contributed by atoms with Crippen LogP contribution in [0.25, 0.3) is 0 Å². The van der Waals surface area contributed by atoms with E-state index in [2.05, 4.69) is 9.52 Å². The molecule has 0 unspecified atom stereocenters. The van der Waals surface area contributed by atoms with Crippen LogP contribution in [-0.2, 0) is 16.8 Å². The van der Waals surface area contributed by atoms with Crippen molar-refractivity contribution in [3.05, 3.63) is 16.4 Å². The van der Waals surface area contributed by atoms with Crippen molar-refractivity contribution < 1.29 is 25.5 Å². The molecule has 0 bridgehead atoms. The Kier molecular flexibility index (Phi) is 3.17. The zero-order valence-electron chi connectivity index (χ0n) is 7.06. The lowest BCUT2D eigenvalue weighted by Crippen LogP contribution is -2.20. The smallest absolute Gasteiger partial charge is 0.386 e. The number of nitrogens with zero attached hydrogens (tertiary/aromatic N) is 2. The van der Waals surface area contributed by atoms with Crippen molar-refractivity contribution in [2.24, 2.45) is 0 Å². The molecule has 0 aliphatic rings. The number of hydrogen-bond donors (Lipinski definition) is 0. The molecule has 6 nitrogen and oxygen atoms in total. The Labute approximate surface area is 81.5 Å². The summed E-state index contributed by atoms with van der Waals surface area (Å²) in [5.74, 6) is -3.41. The van der Waals surface area contributed by atoms with Crippen LogP contribution in [0, 0.1) is 0 Å². The van der Waals surface area contributed by atoms with Crippen LogP contribution in [0.1, 0.15) is 12.3 Å². The molecule has 0 saturated heterocycles. The first-order valence-corrected chi connectivity index (χ1v) is 5.13. The summed E-state index contributed by atoms with van der Waals surface area (Å²) < 4.78 is 60.3. The Morgan fingerprint density at radius 3 is 2.47 bits per heavy atom. The lowest BCUT2D eigenvalue weighted by molar-refractivity contribution is 0.113. The van der Waals surface area contributed by atoms with Crippen molar-refractivity contribution in [3.63, 3.8) is 0 Å². The van der Waals surface area contributed by atoms with Crippen LogP contribution in [0.2, 0.25) is 0 Å². The van der Waals surface area contributed by atoms with Crippen LogP contribution >= 0.6 is 0 Å². The van der Waals surface area contributed by atoms with Crippen LogP contribution < -0.4 is 5.76 Å². The van der Waals surface area contributed by atoms with Gasteiger partial charge in [-0.15, -0.1) is 8.98 Å². The van der Waals surface area contributed by atoms with Crippen molar-refractivity contribution >= 4 is 10.2 Å². The molecule has 10 heteroatoms. The Balaban J connectivity index is 2.83. The quantitative estimate of drug-likeness (QED) is 0.702. The van der Waals surface area contributed by atoms with Crippen molar-refractivity contribution in [2.75, 3.05) is 5.75 Å². The van der Waals surface area contributed by atoms with E-state index in [0.717, 1.165) is 0 Å². The van der Waals surface area contributed by atoms with Crippen LogP contribution in [0.15, 0.2) is 9.21 Å². The molecule has 1 aromatic rings. The van der Waals surface area contributed by atoms with Crippen LogP contribution in [0.5, 0.6) is 0 Å². The first-order chi connectivity index (χ1) is 6.79. The normalized spacial score (nSPS) is 12.3. The van der Waals surface area contributed by atoms with E-state index in [1.165, 1.54) is 0 Å². The van der Waals surface area contributed by atoms with Crippen LogP contribution in [0.4, 0.5) is 12.7 Å². The number of hydrogen-bond acceptors (Lipinski definition) is 5. The van der Waals surface area contributed by atoms with Crippen molar-refractivity contribution in [1.29, 1.82) is 0 Å². The lowest BCUT2D eigenvalue weighted by atomic mass is 10.7. The Morgan fingerprint density at radius 2 is 2.07 bits per heavy atom. The van der Waals surface area contributed by atoms with Crippen LogP contribution in [0.3, 0.4) is 0 Å². The van der Waals surface area contributed by atoms with Gasteiger partial charge in [-0.05, 0) is 0 Å². The Hall–Kier alpha value is -1.32. The van der Waals surface area contributed by atoms with Gasteiger partial charge < -0.3 is 4.42 Å². The minimum atomic E-state index is -4.78. The van der Waals surface area contributed by atoms with Gasteiger partial charge in [0.1, 0.15) is 0 Å². The van der Waals surface area contributed by atoms with E-state index < -0.39 is 40.6 Å². The molecule has 0 aliphatic heterocycles. The minimum absolute atomic E-state index is 0.318. The third-order valence-electron chi connectivity index (χ3n) is 1.36. The molecule has 0 atom stereocenters. The highest BCUT2D eigenvalue weighted by Crippen LogP contribution is 2.13. The molecule has 0 fully saturated rings. The van der Waals surface area contributed by atoms with Crippen molar-refractivity contribution in [1.82, 2.24) is 9.78 Å². The standard InChI is InChI=1S/C5H5F3N2O4S/c6-3(7)4-9-10(5(11)14-4)1-2-15(8,12)13/h3H,1-2H2. The molecular weight excluding hydrogens is 241 g/mol. The summed E-state index contributed by atoms with van der Waals surface area (Å²) in [6.07, 6.45) is -3.08. The predicted octanol–water partition coefficient (Wildman–Crippen LogP) is 0.0732. The van der Waals surface area contributed by atoms with Gasteiger partial charge in [0.05, 0.1) is 12.3 Å². The van der Waals surface area contributed by atoms with Crippen LogP contribution in [-0.4, -0.2) is 24.0 Å². The Bertz CT molecular complexity index is 491. The molecule has 1 rings (SSSR count). The van der Waals surface area contributed by atoms with Gasteiger partial charge in [-0.25, -0.2) is 4.79 Å². The highest BCUT2D eigenvalue weighted by atomic mass is 32.3. The third kappa shape index (κ3) is 3.38. The number of aryl methyl sites for hydroxylation is 1. The fourth-order valence-corrected chi connectivity index (χ4v) is 1.14. The monoisotopic (exact) mass is 246 g/mol.